The minimum absolute atomic E-state index is 0.0270. The van der Waals surface area contributed by atoms with E-state index in [0.717, 1.165) is 33.7 Å². The van der Waals surface area contributed by atoms with E-state index in [2.05, 4.69) is 60.0 Å². The summed E-state index contributed by atoms with van der Waals surface area (Å²) >= 11 is 10.2. The molecule has 2 nitrogen and oxygen atoms in total. The van der Waals surface area contributed by atoms with E-state index in [1.807, 2.05) is 18.2 Å². The van der Waals surface area contributed by atoms with Crippen LogP contribution in [0.3, 0.4) is 0 Å². The molecule has 5 heteroatoms. The Labute approximate surface area is 133 Å². The lowest BCUT2D eigenvalue weighted by atomic mass is 10.1. The van der Waals surface area contributed by atoms with Crippen molar-refractivity contribution in [1.29, 1.82) is 0 Å². The summed E-state index contributed by atoms with van der Waals surface area (Å²) < 4.78 is 1.76. The molecule has 0 aliphatic heterocycles. The first-order valence-corrected chi connectivity index (χ1v) is 8.54. The molecule has 1 aromatic carbocycles. The molecule has 100 valence electrons. The molecule has 0 aliphatic rings. The minimum atomic E-state index is -0.0270. The van der Waals surface area contributed by atoms with Gasteiger partial charge in [0, 0.05) is 20.8 Å². The number of rotatable bonds is 6. The lowest BCUT2D eigenvalue weighted by Crippen LogP contribution is -2.25. The second kappa shape index (κ2) is 8.33. The first-order chi connectivity index (χ1) is 8.54. The highest BCUT2D eigenvalue weighted by Gasteiger charge is 2.09. The minimum Gasteiger partial charge on any atom is -0.352 e. The van der Waals surface area contributed by atoms with Gasteiger partial charge >= 0.3 is 0 Å². The SMILES string of the molecule is CC(CBr)CCCNC(=O)c1ccc(Br)cc1Br. The summed E-state index contributed by atoms with van der Waals surface area (Å²) in [5, 5.41) is 3.95. The summed E-state index contributed by atoms with van der Waals surface area (Å²) in [6, 6.07) is 5.55. The Morgan fingerprint density at radius 2 is 2.11 bits per heavy atom. The molecule has 0 spiro atoms. The van der Waals surface area contributed by atoms with Gasteiger partial charge in [-0.05, 0) is 52.9 Å². The highest BCUT2D eigenvalue weighted by molar-refractivity contribution is 9.11. The van der Waals surface area contributed by atoms with E-state index in [0.29, 0.717) is 11.5 Å². The van der Waals surface area contributed by atoms with E-state index in [-0.39, 0.29) is 5.91 Å². The molecule has 1 aromatic rings. The van der Waals surface area contributed by atoms with Crippen LogP contribution < -0.4 is 5.32 Å². The van der Waals surface area contributed by atoms with Crippen LogP contribution in [0.25, 0.3) is 0 Å². The van der Waals surface area contributed by atoms with Crippen molar-refractivity contribution in [2.24, 2.45) is 5.92 Å². The van der Waals surface area contributed by atoms with Gasteiger partial charge in [-0.25, -0.2) is 0 Å². The molecule has 1 amide bonds. The number of carbonyl (C=O) groups excluding carboxylic acids is 1. The van der Waals surface area contributed by atoms with Crippen LogP contribution >= 0.6 is 47.8 Å². The summed E-state index contributed by atoms with van der Waals surface area (Å²) in [5.74, 6) is 0.627. The molecule has 0 aliphatic carbocycles. The van der Waals surface area contributed by atoms with Gasteiger partial charge in [-0.1, -0.05) is 38.8 Å². The summed E-state index contributed by atoms with van der Waals surface area (Å²) in [7, 11) is 0. The highest BCUT2D eigenvalue weighted by Crippen LogP contribution is 2.21. The van der Waals surface area contributed by atoms with E-state index in [9.17, 15) is 4.79 Å². The largest absolute Gasteiger partial charge is 0.352 e. The first kappa shape index (κ1) is 16.2. The number of carbonyl (C=O) groups is 1. The number of halogens is 3. The van der Waals surface area contributed by atoms with Gasteiger partial charge in [-0.2, -0.15) is 0 Å². The fraction of sp³-hybridized carbons (Fsp3) is 0.462. The van der Waals surface area contributed by atoms with Gasteiger partial charge in [0.05, 0.1) is 5.56 Å². The molecule has 1 atom stereocenters. The third-order valence-electron chi connectivity index (χ3n) is 2.60. The maximum absolute atomic E-state index is 11.9. The summed E-state index contributed by atoms with van der Waals surface area (Å²) in [4.78, 5) is 11.9. The molecule has 1 unspecified atom stereocenters. The predicted molar refractivity (Wildman–Crippen MR) is 86.4 cm³/mol. The van der Waals surface area contributed by atoms with Crippen LogP contribution in [0, 0.1) is 5.92 Å². The van der Waals surface area contributed by atoms with Crippen molar-refractivity contribution in [3.63, 3.8) is 0 Å². The summed E-state index contributed by atoms with van der Waals surface area (Å²) in [6.45, 7) is 2.92. The van der Waals surface area contributed by atoms with Crippen LogP contribution in [0.2, 0.25) is 0 Å². The van der Waals surface area contributed by atoms with Crippen LogP contribution in [0.1, 0.15) is 30.1 Å². The average Bonchev–Trinajstić information content (AvgIpc) is 2.34. The predicted octanol–water partition coefficient (Wildman–Crippen LogP) is 4.75. The van der Waals surface area contributed by atoms with Crippen molar-refractivity contribution in [2.75, 3.05) is 11.9 Å². The number of nitrogens with one attached hydrogen (secondary N) is 1. The van der Waals surface area contributed by atoms with Crippen LogP contribution in [-0.2, 0) is 0 Å². The van der Waals surface area contributed by atoms with Crippen molar-refractivity contribution in [3.8, 4) is 0 Å². The molecule has 1 N–H and O–H groups in total. The maximum Gasteiger partial charge on any atom is 0.252 e. The van der Waals surface area contributed by atoms with Crippen LogP contribution in [0.5, 0.6) is 0 Å². The Bertz CT molecular complexity index is 409. The molecule has 0 saturated heterocycles. The molecule has 0 fully saturated rings. The molecule has 0 bridgehead atoms. The molecule has 0 aromatic heterocycles. The van der Waals surface area contributed by atoms with Crippen LogP contribution in [-0.4, -0.2) is 17.8 Å². The average molecular weight is 442 g/mol. The zero-order chi connectivity index (χ0) is 13.5. The summed E-state index contributed by atoms with van der Waals surface area (Å²) in [5.41, 5.74) is 0.673. The van der Waals surface area contributed by atoms with Gasteiger partial charge in [-0.15, -0.1) is 0 Å². The fourth-order valence-corrected chi connectivity index (χ4v) is 3.05. The molecular weight excluding hydrogens is 426 g/mol. The third-order valence-corrected chi connectivity index (χ3v) is 4.85. The smallest absolute Gasteiger partial charge is 0.252 e. The first-order valence-electron chi connectivity index (χ1n) is 5.83. The van der Waals surface area contributed by atoms with Gasteiger partial charge in [0.1, 0.15) is 0 Å². The fourth-order valence-electron chi connectivity index (χ4n) is 1.50. The molecule has 18 heavy (non-hydrogen) atoms. The molecule has 0 saturated carbocycles. The topological polar surface area (TPSA) is 29.1 Å². The Morgan fingerprint density at radius 1 is 1.39 bits per heavy atom. The lowest BCUT2D eigenvalue weighted by Gasteiger charge is -2.09. The Hall–Kier alpha value is 0.130. The zero-order valence-corrected chi connectivity index (χ0v) is 14.9. The Balaban J connectivity index is 2.41. The number of benzene rings is 1. The van der Waals surface area contributed by atoms with E-state index < -0.39 is 0 Å². The number of hydrogen-bond donors (Lipinski definition) is 1. The van der Waals surface area contributed by atoms with E-state index in [1.54, 1.807) is 0 Å². The van der Waals surface area contributed by atoms with Crippen molar-refractivity contribution >= 4 is 53.7 Å². The second-order valence-corrected chi connectivity index (χ2v) is 6.70. The van der Waals surface area contributed by atoms with Gasteiger partial charge in [0.25, 0.3) is 5.91 Å². The van der Waals surface area contributed by atoms with E-state index in [1.165, 1.54) is 0 Å². The molecule has 0 radical (unpaired) electrons. The summed E-state index contributed by atoms with van der Waals surface area (Å²) in [6.07, 6.45) is 2.12. The maximum atomic E-state index is 11.9. The monoisotopic (exact) mass is 439 g/mol. The van der Waals surface area contributed by atoms with E-state index in [4.69, 9.17) is 0 Å². The number of alkyl halides is 1. The Kier molecular flexibility index (Phi) is 7.49. The molecule has 0 heterocycles. The van der Waals surface area contributed by atoms with Crippen LogP contribution in [0.15, 0.2) is 27.1 Å². The van der Waals surface area contributed by atoms with Crippen molar-refractivity contribution < 1.29 is 4.79 Å². The van der Waals surface area contributed by atoms with Gasteiger partial charge < -0.3 is 5.32 Å². The second-order valence-electron chi connectivity index (χ2n) is 4.28. The van der Waals surface area contributed by atoms with Gasteiger partial charge in [0.15, 0.2) is 0 Å². The van der Waals surface area contributed by atoms with Gasteiger partial charge in [-0.3, -0.25) is 4.79 Å². The number of hydrogen-bond acceptors (Lipinski definition) is 1. The zero-order valence-electron chi connectivity index (χ0n) is 10.2. The van der Waals surface area contributed by atoms with Crippen molar-refractivity contribution in [3.05, 3.63) is 32.7 Å². The molecular formula is C13H16Br3NO. The normalized spacial score (nSPS) is 12.2. The number of amides is 1. The highest BCUT2D eigenvalue weighted by atomic mass is 79.9. The van der Waals surface area contributed by atoms with E-state index >= 15 is 0 Å². The van der Waals surface area contributed by atoms with Crippen molar-refractivity contribution in [2.45, 2.75) is 19.8 Å². The molecule has 1 rings (SSSR count). The van der Waals surface area contributed by atoms with Gasteiger partial charge in [0.2, 0.25) is 0 Å². The van der Waals surface area contributed by atoms with Crippen molar-refractivity contribution in [1.82, 2.24) is 5.32 Å². The standard InChI is InChI=1S/C13H16Br3NO/c1-9(8-14)3-2-6-17-13(18)11-5-4-10(15)7-12(11)16/h4-5,7,9H,2-3,6,8H2,1H3,(H,17,18). The Morgan fingerprint density at radius 3 is 2.72 bits per heavy atom. The van der Waals surface area contributed by atoms with Crippen LogP contribution in [0.4, 0.5) is 0 Å². The quantitative estimate of drug-likeness (QED) is 0.500. The lowest BCUT2D eigenvalue weighted by molar-refractivity contribution is 0.0952. The third kappa shape index (κ3) is 5.41.